The molecule has 0 bridgehead atoms. The van der Waals surface area contributed by atoms with Gasteiger partial charge in [-0.3, -0.25) is 10.1 Å². The third-order valence-electron chi connectivity index (χ3n) is 4.82. The molecule has 168 valence electrons. The number of alkyl halides is 3. The van der Waals surface area contributed by atoms with Crippen molar-refractivity contribution in [2.75, 3.05) is 5.32 Å². The molecule has 0 saturated heterocycles. The lowest BCUT2D eigenvalue weighted by Gasteiger charge is -2.10. The van der Waals surface area contributed by atoms with Gasteiger partial charge in [-0.25, -0.2) is 4.98 Å². The Labute approximate surface area is 192 Å². The molecule has 0 aliphatic carbocycles. The van der Waals surface area contributed by atoms with Crippen molar-refractivity contribution in [3.63, 3.8) is 0 Å². The third-order valence-corrected chi connectivity index (χ3v) is 5.21. The van der Waals surface area contributed by atoms with Crippen LogP contribution in [0.3, 0.4) is 0 Å². The summed E-state index contributed by atoms with van der Waals surface area (Å²) in [5.74, 6) is -0.885. The predicted octanol–water partition coefficient (Wildman–Crippen LogP) is 6.20. The first-order valence-corrected chi connectivity index (χ1v) is 10.2. The van der Waals surface area contributed by atoms with Crippen molar-refractivity contribution in [2.45, 2.75) is 17.5 Å². The topological polar surface area (TPSA) is 75.4 Å². The Bertz CT molecular complexity index is 1300. The number of anilines is 1. The molecule has 9 heteroatoms. The van der Waals surface area contributed by atoms with Crippen LogP contribution in [0.15, 0.2) is 82.1 Å². The second-order valence-electron chi connectivity index (χ2n) is 7.15. The molecule has 0 saturated carbocycles. The summed E-state index contributed by atoms with van der Waals surface area (Å²) in [6, 6.07) is 18.7. The van der Waals surface area contributed by atoms with Crippen molar-refractivity contribution >= 4 is 24.4 Å². The summed E-state index contributed by atoms with van der Waals surface area (Å²) in [5, 5.41) is 12.6. The van der Waals surface area contributed by atoms with Crippen LogP contribution in [0.2, 0.25) is 0 Å². The lowest BCUT2D eigenvalue weighted by atomic mass is 10.1. The first-order chi connectivity index (χ1) is 15.7. The van der Waals surface area contributed by atoms with E-state index in [1.54, 1.807) is 36.4 Å². The van der Waals surface area contributed by atoms with Gasteiger partial charge in [-0.1, -0.05) is 42.5 Å². The maximum absolute atomic E-state index is 12.8. The number of halogens is 3. The van der Waals surface area contributed by atoms with Crippen LogP contribution in [0.25, 0.3) is 22.7 Å². The molecule has 4 rings (SSSR count). The van der Waals surface area contributed by atoms with Crippen LogP contribution < -0.4 is 5.32 Å². The number of aromatic nitrogens is 1. The lowest BCUT2D eigenvalue weighted by molar-refractivity contribution is -0.137. The Balaban J connectivity index is 1.64. The van der Waals surface area contributed by atoms with E-state index >= 15 is 0 Å². The maximum Gasteiger partial charge on any atom is 0.416 e. The smallest absolute Gasteiger partial charge is 0.416 e. The highest BCUT2D eigenvalue weighted by Gasteiger charge is 2.31. The van der Waals surface area contributed by atoms with Crippen LogP contribution in [0.4, 0.5) is 19.1 Å². The van der Waals surface area contributed by atoms with Crippen LogP contribution in [0, 0.1) is 0 Å². The highest BCUT2D eigenvalue weighted by atomic mass is 32.1. The average molecular weight is 470 g/mol. The van der Waals surface area contributed by atoms with Crippen LogP contribution in [-0.4, -0.2) is 16.0 Å². The number of nitrogens with one attached hydrogen (secondary N) is 1. The number of phenolic OH excluding ortho intramolecular Hbond substituents is 1. The van der Waals surface area contributed by atoms with Gasteiger partial charge in [0.2, 0.25) is 17.7 Å². The standard InChI is InChI=1S/C24H17F3N2O3S/c25-24(26,27)16-11-10-15(18(30)13-16)12-20(31)28-23-21(17-8-4-5-9-19(17)33)29-22(32-23)14-6-2-1-3-7-14/h1-11,13,30,33H,12H2,(H,28,31). The molecule has 33 heavy (non-hydrogen) atoms. The molecule has 1 amide bonds. The average Bonchev–Trinajstić information content (AvgIpc) is 3.18. The molecule has 0 spiro atoms. The Hall–Kier alpha value is -3.72. The monoisotopic (exact) mass is 470 g/mol. The van der Waals surface area contributed by atoms with Gasteiger partial charge >= 0.3 is 6.18 Å². The molecular weight excluding hydrogens is 453 g/mol. The number of thiol groups is 1. The quantitative estimate of drug-likeness (QED) is 0.304. The molecule has 0 unspecified atom stereocenters. The van der Waals surface area contributed by atoms with Gasteiger partial charge in [0.1, 0.15) is 11.4 Å². The number of nitrogens with zero attached hydrogens (tertiary/aromatic N) is 1. The third kappa shape index (κ3) is 5.04. The highest BCUT2D eigenvalue weighted by molar-refractivity contribution is 7.80. The second kappa shape index (κ2) is 9.03. The van der Waals surface area contributed by atoms with Gasteiger partial charge in [-0.15, -0.1) is 12.6 Å². The van der Waals surface area contributed by atoms with Gasteiger partial charge < -0.3 is 9.52 Å². The van der Waals surface area contributed by atoms with Gasteiger partial charge in [0.05, 0.1) is 12.0 Å². The first-order valence-electron chi connectivity index (χ1n) is 9.76. The van der Waals surface area contributed by atoms with Crippen molar-refractivity contribution in [1.29, 1.82) is 0 Å². The molecule has 5 nitrogen and oxygen atoms in total. The minimum Gasteiger partial charge on any atom is -0.508 e. The van der Waals surface area contributed by atoms with E-state index in [1.165, 1.54) is 0 Å². The Morgan fingerprint density at radius 3 is 2.39 bits per heavy atom. The summed E-state index contributed by atoms with van der Waals surface area (Å²) in [7, 11) is 0. The minimum absolute atomic E-state index is 0.0412. The fraction of sp³-hybridized carbons (Fsp3) is 0.0833. The molecule has 0 aliphatic rings. The largest absolute Gasteiger partial charge is 0.508 e. The predicted molar refractivity (Wildman–Crippen MR) is 120 cm³/mol. The van der Waals surface area contributed by atoms with Gasteiger partial charge in [0, 0.05) is 21.6 Å². The molecule has 0 radical (unpaired) electrons. The van der Waals surface area contributed by atoms with Crippen LogP contribution in [0.5, 0.6) is 5.75 Å². The van der Waals surface area contributed by atoms with Crippen molar-refractivity contribution in [2.24, 2.45) is 0 Å². The molecule has 2 N–H and O–H groups in total. The van der Waals surface area contributed by atoms with Crippen LogP contribution in [0.1, 0.15) is 11.1 Å². The lowest BCUT2D eigenvalue weighted by Crippen LogP contribution is -2.15. The number of rotatable bonds is 5. The summed E-state index contributed by atoms with van der Waals surface area (Å²) in [6.07, 6.45) is -4.96. The summed E-state index contributed by atoms with van der Waals surface area (Å²) in [6.45, 7) is 0. The number of amides is 1. The van der Waals surface area contributed by atoms with Crippen molar-refractivity contribution < 1.29 is 27.5 Å². The maximum atomic E-state index is 12.8. The van der Waals surface area contributed by atoms with E-state index < -0.39 is 23.4 Å². The number of hydrogen-bond donors (Lipinski definition) is 3. The van der Waals surface area contributed by atoms with Gasteiger partial charge in [-0.05, 0) is 30.3 Å². The zero-order chi connectivity index (χ0) is 23.6. The number of oxazole rings is 1. The zero-order valence-electron chi connectivity index (χ0n) is 16.9. The fourth-order valence-corrected chi connectivity index (χ4v) is 3.47. The van der Waals surface area contributed by atoms with E-state index in [4.69, 9.17) is 4.42 Å². The number of benzene rings is 3. The Kier molecular flexibility index (Phi) is 6.15. The molecule has 0 fully saturated rings. The van der Waals surface area contributed by atoms with Crippen molar-refractivity contribution in [3.05, 3.63) is 83.9 Å². The fourth-order valence-electron chi connectivity index (χ4n) is 3.20. The number of carbonyl (C=O) groups excluding carboxylic acids is 1. The van der Waals surface area contributed by atoms with E-state index in [0.29, 0.717) is 27.8 Å². The minimum atomic E-state index is -4.60. The second-order valence-corrected chi connectivity index (χ2v) is 7.63. The zero-order valence-corrected chi connectivity index (χ0v) is 17.8. The molecular formula is C24H17F3N2O3S. The summed E-state index contributed by atoms with van der Waals surface area (Å²) in [4.78, 5) is 17.8. The summed E-state index contributed by atoms with van der Waals surface area (Å²) >= 11 is 4.45. The molecule has 1 heterocycles. The molecule has 1 aromatic heterocycles. The number of aromatic hydroxyl groups is 1. The number of hydrogen-bond acceptors (Lipinski definition) is 5. The SMILES string of the molecule is O=C(Cc1ccc(C(F)(F)F)cc1O)Nc1oc(-c2ccccc2)nc1-c1ccccc1S. The first kappa shape index (κ1) is 22.5. The molecule has 3 aromatic carbocycles. The Morgan fingerprint density at radius 2 is 1.73 bits per heavy atom. The molecule has 0 aliphatic heterocycles. The van der Waals surface area contributed by atoms with Crippen LogP contribution in [-0.2, 0) is 17.4 Å². The van der Waals surface area contributed by atoms with E-state index in [-0.39, 0.29) is 23.8 Å². The van der Waals surface area contributed by atoms with E-state index in [0.717, 1.165) is 12.1 Å². The van der Waals surface area contributed by atoms with Gasteiger partial charge in [0.15, 0.2) is 0 Å². The summed E-state index contributed by atoms with van der Waals surface area (Å²) in [5.41, 5.74) is 0.708. The van der Waals surface area contributed by atoms with E-state index in [9.17, 15) is 23.1 Å². The van der Waals surface area contributed by atoms with E-state index in [2.05, 4.69) is 22.9 Å². The Morgan fingerprint density at radius 1 is 1.03 bits per heavy atom. The highest BCUT2D eigenvalue weighted by Crippen LogP contribution is 2.36. The van der Waals surface area contributed by atoms with Gasteiger partial charge in [0.25, 0.3) is 0 Å². The molecule has 0 atom stereocenters. The number of carbonyl (C=O) groups is 1. The van der Waals surface area contributed by atoms with Gasteiger partial charge in [-0.2, -0.15) is 13.2 Å². The van der Waals surface area contributed by atoms with E-state index in [1.807, 2.05) is 18.2 Å². The summed E-state index contributed by atoms with van der Waals surface area (Å²) < 4.78 is 44.3. The normalized spacial score (nSPS) is 11.4. The van der Waals surface area contributed by atoms with Crippen molar-refractivity contribution in [1.82, 2.24) is 4.98 Å². The molecule has 4 aromatic rings. The van der Waals surface area contributed by atoms with Crippen molar-refractivity contribution in [3.8, 4) is 28.5 Å². The van der Waals surface area contributed by atoms with Crippen LogP contribution >= 0.6 is 12.6 Å². The number of phenols is 1.